The Kier molecular flexibility index (Phi) is 9.37. The van der Waals surface area contributed by atoms with Crippen LogP contribution in [0.4, 0.5) is 4.39 Å². The third-order valence-electron chi connectivity index (χ3n) is 7.38. The van der Waals surface area contributed by atoms with Crippen LogP contribution in [0.1, 0.15) is 22.3 Å². The molecule has 10 nitrogen and oxygen atoms in total. The van der Waals surface area contributed by atoms with Crippen molar-refractivity contribution < 1.29 is 44.6 Å². The van der Waals surface area contributed by atoms with Gasteiger partial charge in [-0.15, -0.1) is 0 Å². The highest BCUT2D eigenvalue weighted by Crippen LogP contribution is 2.32. The van der Waals surface area contributed by atoms with Gasteiger partial charge in [0.1, 0.15) is 23.0 Å². The second-order valence-corrected chi connectivity index (χ2v) is 11.6. The zero-order valence-corrected chi connectivity index (χ0v) is 26.2. The van der Waals surface area contributed by atoms with Gasteiger partial charge in [-0.2, -0.15) is 4.39 Å². The van der Waals surface area contributed by atoms with E-state index in [9.17, 15) is 34.4 Å². The van der Waals surface area contributed by atoms with Crippen molar-refractivity contribution in [1.29, 1.82) is 0 Å². The van der Waals surface area contributed by atoms with Crippen molar-refractivity contribution in [3.63, 3.8) is 0 Å². The van der Waals surface area contributed by atoms with E-state index in [4.69, 9.17) is 10.2 Å². The van der Waals surface area contributed by atoms with Gasteiger partial charge in [0.15, 0.2) is 5.95 Å². The lowest BCUT2D eigenvalue weighted by molar-refractivity contribution is -0.137. The summed E-state index contributed by atoms with van der Waals surface area (Å²) in [5, 5.41) is 57.5. The molecule has 0 bridgehead atoms. The molecule has 4 aromatic carbocycles. The van der Waals surface area contributed by atoms with Crippen LogP contribution >= 0.6 is 22.6 Å². The van der Waals surface area contributed by atoms with Crippen LogP contribution in [0.15, 0.2) is 84.9 Å². The van der Waals surface area contributed by atoms with Gasteiger partial charge in [0, 0.05) is 40.6 Å². The number of carbonyl (C=O) groups is 2. The summed E-state index contributed by atoms with van der Waals surface area (Å²) in [5.74, 6) is -2.23. The summed E-state index contributed by atoms with van der Waals surface area (Å²) in [6.45, 7) is 0.684. The second-order valence-electron chi connectivity index (χ2n) is 10.6. The number of halogens is 2. The summed E-state index contributed by atoms with van der Waals surface area (Å²) >= 11 is 2.14. The number of carboxylic acids is 2. The largest absolute Gasteiger partial charge is 0.508 e. The molecule has 0 saturated heterocycles. The minimum atomic E-state index is -1.12. The first-order valence-corrected chi connectivity index (χ1v) is 15.0. The predicted octanol–water partition coefficient (Wildman–Crippen LogP) is 6.20. The van der Waals surface area contributed by atoms with E-state index in [1.54, 1.807) is 42.5 Å². The fraction of sp³-hybridized carbons (Fsp3) is 0.118. The van der Waals surface area contributed by atoms with Gasteiger partial charge in [0.05, 0.1) is 34.1 Å². The van der Waals surface area contributed by atoms with E-state index < -0.39 is 24.3 Å². The first-order valence-electron chi connectivity index (χ1n) is 13.9. The van der Waals surface area contributed by atoms with Crippen molar-refractivity contribution in [2.24, 2.45) is 0 Å². The molecule has 46 heavy (non-hydrogen) atoms. The molecule has 2 aromatic heterocycles. The number of carboxylic acid groups (broad SMARTS) is 2. The molecule has 0 amide bonds. The van der Waals surface area contributed by atoms with Crippen LogP contribution in [0.2, 0.25) is 0 Å². The standard InChI is InChI=1S/C17H14FNO4.C17H14INO4/c2*18-17-14(8-16(22)23)13-6-5-12(21)7-15(13)19(17)9-10-1-3-11(20)4-2-10/h2*1-7,20-21H,8-9H2,(H,22,23). The Labute approximate surface area is 275 Å². The van der Waals surface area contributed by atoms with Crippen molar-refractivity contribution in [3.8, 4) is 23.0 Å². The van der Waals surface area contributed by atoms with Gasteiger partial charge in [-0.05, 0) is 82.2 Å². The van der Waals surface area contributed by atoms with Crippen molar-refractivity contribution in [1.82, 2.24) is 9.13 Å². The molecule has 0 saturated carbocycles. The van der Waals surface area contributed by atoms with Crippen molar-refractivity contribution in [2.75, 3.05) is 0 Å². The molecule has 0 fully saturated rings. The van der Waals surface area contributed by atoms with Crippen LogP contribution in [-0.4, -0.2) is 51.7 Å². The Morgan fingerprint density at radius 3 is 1.46 bits per heavy atom. The molecule has 0 spiro atoms. The summed E-state index contributed by atoms with van der Waals surface area (Å²) in [5.41, 5.74) is 3.76. The van der Waals surface area contributed by atoms with Gasteiger partial charge in [-0.3, -0.25) is 9.59 Å². The van der Waals surface area contributed by atoms with E-state index in [0.717, 1.165) is 31.3 Å². The number of phenols is 4. The second kappa shape index (κ2) is 13.4. The van der Waals surface area contributed by atoms with E-state index in [1.807, 2.05) is 16.7 Å². The highest BCUT2D eigenvalue weighted by atomic mass is 127. The number of hydrogen-bond acceptors (Lipinski definition) is 6. The Hall–Kier alpha value is -5.24. The lowest BCUT2D eigenvalue weighted by atomic mass is 10.1. The average molecular weight is 739 g/mol. The minimum Gasteiger partial charge on any atom is -0.508 e. The fourth-order valence-electron chi connectivity index (χ4n) is 5.27. The van der Waals surface area contributed by atoms with E-state index in [1.165, 1.54) is 34.9 Å². The molecule has 0 radical (unpaired) electrons. The zero-order valence-electron chi connectivity index (χ0n) is 24.1. The number of aliphatic carboxylic acids is 2. The van der Waals surface area contributed by atoms with Gasteiger partial charge in [-0.1, -0.05) is 24.3 Å². The molecule has 0 atom stereocenters. The quantitative estimate of drug-likeness (QED) is 0.101. The number of aromatic hydroxyl groups is 4. The maximum Gasteiger partial charge on any atom is 0.308 e. The highest BCUT2D eigenvalue weighted by Gasteiger charge is 2.20. The van der Waals surface area contributed by atoms with Crippen LogP contribution in [-0.2, 0) is 35.5 Å². The average Bonchev–Trinajstić information content (AvgIpc) is 3.39. The van der Waals surface area contributed by atoms with Gasteiger partial charge < -0.3 is 39.8 Å². The Balaban J connectivity index is 0.000000181. The first-order chi connectivity index (χ1) is 21.9. The van der Waals surface area contributed by atoms with E-state index in [-0.39, 0.29) is 41.5 Å². The van der Waals surface area contributed by atoms with Crippen LogP contribution in [0, 0.1) is 9.65 Å². The zero-order chi connectivity index (χ0) is 33.1. The minimum absolute atomic E-state index is 0.0242. The van der Waals surface area contributed by atoms with Crippen molar-refractivity contribution >= 4 is 56.3 Å². The Bertz CT molecular complexity index is 1920. The number of benzene rings is 4. The summed E-state index contributed by atoms with van der Waals surface area (Å²) in [4.78, 5) is 22.1. The SMILES string of the molecule is O=C(O)Cc1c(F)n(Cc2ccc(O)cc2)c2cc(O)ccc12.O=C(O)Cc1c(I)n(Cc2ccc(O)cc2)c2cc(O)ccc12. The number of hydrogen-bond donors (Lipinski definition) is 6. The van der Waals surface area contributed by atoms with Crippen LogP contribution in [0.25, 0.3) is 21.8 Å². The number of phenolic OH excluding ortho intramolecular Hbond substituents is 4. The third kappa shape index (κ3) is 7.01. The summed E-state index contributed by atoms with van der Waals surface area (Å²) in [6.07, 6.45) is -0.502. The topological polar surface area (TPSA) is 165 Å². The summed E-state index contributed by atoms with van der Waals surface area (Å²) in [6, 6.07) is 22.4. The third-order valence-corrected chi connectivity index (χ3v) is 8.61. The molecule has 0 aliphatic rings. The van der Waals surface area contributed by atoms with Gasteiger partial charge in [0.25, 0.3) is 0 Å². The van der Waals surface area contributed by atoms with E-state index >= 15 is 0 Å². The monoisotopic (exact) mass is 738 g/mol. The smallest absolute Gasteiger partial charge is 0.308 e. The molecular weight excluding hydrogens is 710 g/mol. The molecule has 6 N–H and O–H groups in total. The molecule has 0 aliphatic carbocycles. The van der Waals surface area contributed by atoms with Crippen LogP contribution in [0.3, 0.4) is 0 Å². The molecule has 6 rings (SSSR count). The van der Waals surface area contributed by atoms with Gasteiger partial charge >= 0.3 is 11.9 Å². The lowest BCUT2D eigenvalue weighted by Gasteiger charge is -2.08. The van der Waals surface area contributed by atoms with Crippen LogP contribution in [0.5, 0.6) is 23.0 Å². The molecule has 236 valence electrons. The fourth-order valence-corrected chi connectivity index (χ4v) is 6.18. The van der Waals surface area contributed by atoms with E-state index in [2.05, 4.69) is 22.6 Å². The van der Waals surface area contributed by atoms with Crippen molar-refractivity contribution in [3.05, 3.63) is 117 Å². The number of nitrogens with zero attached hydrogens (tertiary/aromatic N) is 2. The van der Waals surface area contributed by atoms with Gasteiger partial charge in [-0.25, -0.2) is 0 Å². The molecule has 12 heteroatoms. The summed E-state index contributed by atoms with van der Waals surface area (Å²) < 4.78 is 18.8. The predicted molar refractivity (Wildman–Crippen MR) is 177 cm³/mol. The lowest BCUT2D eigenvalue weighted by Crippen LogP contribution is -2.06. The highest BCUT2D eigenvalue weighted by molar-refractivity contribution is 14.1. The number of rotatable bonds is 8. The number of aromatic nitrogens is 2. The van der Waals surface area contributed by atoms with Gasteiger partial charge in [0.2, 0.25) is 0 Å². The maximum atomic E-state index is 14.7. The van der Waals surface area contributed by atoms with E-state index in [0.29, 0.717) is 17.4 Å². The summed E-state index contributed by atoms with van der Waals surface area (Å²) in [7, 11) is 0. The molecule has 2 heterocycles. The van der Waals surface area contributed by atoms with Crippen LogP contribution < -0.4 is 0 Å². The molecular formula is C34H28FIN2O8. The van der Waals surface area contributed by atoms with Crippen molar-refractivity contribution in [2.45, 2.75) is 25.9 Å². The molecule has 0 unspecified atom stereocenters. The first kappa shape index (κ1) is 32.2. The Morgan fingerprint density at radius 1 is 0.587 bits per heavy atom. The normalized spacial score (nSPS) is 11.0. The number of fused-ring (bicyclic) bond motifs is 2. The molecule has 0 aliphatic heterocycles. The molecule has 6 aromatic rings. The Morgan fingerprint density at radius 2 is 0.978 bits per heavy atom. The maximum absolute atomic E-state index is 14.7.